The van der Waals surface area contributed by atoms with Gasteiger partial charge in [-0.2, -0.15) is 0 Å². The number of aryl methyl sites for hydroxylation is 3. The smallest absolute Gasteiger partial charge is 0.296 e. The largest absolute Gasteiger partial charge is 0.503 e. The molecule has 2 aromatic heterocycles. The minimum absolute atomic E-state index is 0.0471. The number of ketones is 1. The number of rotatable bonds is 7. The second-order valence-corrected chi connectivity index (χ2v) is 9.93. The molecular weight excluding hydrogens is 476 g/mol. The summed E-state index contributed by atoms with van der Waals surface area (Å²) in [4.78, 5) is 33.2. The van der Waals surface area contributed by atoms with Gasteiger partial charge in [0.15, 0.2) is 16.7 Å². The Bertz CT molecular complexity index is 1530. The van der Waals surface area contributed by atoms with E-state index in [1.54, 1.807) is 25.1 Å². The Morgan fingerprint density at radius 1 is 1.17 bits per heavy atom. The Labute approximate surface area is 212 Å². The van der Waals surface area contributed by atoms with Gasteiger partial charge in [0, 0.05) is 0 Å². The normalized spacial score (nSPS) is 15.8. The van der Waals surface area contributed by atoms with E-state index in [-0.39, 0.29) is 11.3 Å². The number of thiazole rings is 1. The van der Waals surface area contributed by atoms with Crippen molar-refractivity contribution < 1.29 is 23.8 Å². The fourth-order valence-electron chi connectivity index (χ4n) is 4.50. The second-order valence-electron chi connectivity index (χ2n) is 8.93. The SMILES string of the molecule is CCCOc1cccc(C2C(C(=O)c3ccc(C)o3)=C(O)C(=O)N2c2nc3c(C)cc(C)cc3s2)c1. The van der Waals surface area contributed by atoms with Crippen molar-refractivity contribution >= 4 is 38.4 Å². The molecule has 4 aromatic rings. The van der Waals surface area contributed by atoms with Gasteiger partial charge in [-0.15, -0.1) is 0 Å². The molecule has 3 heterocycles. The summed E-state index contributed by atoms with van der Waals surface area (Å²) in [5, 5.41) is 11.4. The average molecular weight is 503 g/mol. The topological polar surface area (TPSA) is 92.9 Å². The van der Waals surface area contributed by atoms with Crippen molar-refractivity contribution in [2.24, 2.45) is 0 Å². The maximum absolute atomic E-state index is 13.6. The number of furan rings is 1. The molecule has 184 valence electrons. The molecule has 8 heteroatoms. The third kappa shape index (κ3) is 4.07. The fraction of sp³-hybridized carbons (Fsp3) is 0.250. The lowest BCUT2D eigenvalue weighted by molar-refractivity contribution is -0.117. The first-order valence-corrected chi connectivity index (χ1v) is 12.6. The number of anilines is 1. The van der Waals surface area contributed by atoms with Crippen LogP contribution in [0.1, 0.15) is 52.4 Å². The van der Waals surface area contributed by atoms with Crippen LogP contribution >= 0.6 is 11.3 Å². The number of hydrogen-bond donors (Lipinski definition) is 1. The molecule has 7 nitrogen and oxygen atoms in total. The van der Waals surface area contributed by atoms with Crippen molar-refractivity contribution in [1.82, 2.24) is 4.98 Å². The highest BCUT2D eigenvalue weighted by atomic mass is 32.1. The van der Waals surface area contributed by atoms with Crippen LogP contribution in [0.15, 0.2) is 64.3 Å². The highest BCUT2D eigenvalue weighted by molar-refractivity contribution is 7.22. The number of aliphatic hydroxyl groups excluding tert-OH is 1. The van der Waals surface area contributed by atoms with Crippen molar-refractivity contribution in [3.8, 4) is 5.75 Å². The predicted octanol–water partition coefficient (Wildman–Crippen LogP) is 6.39. The molecule has 1 unspecified atom stereocenters. The van der Waals surface area contributed by atoms with Crippen LogP contribution in [0.2, 0.25) is 0 Å². The Kier molecular flexibility index (Phi) is 6.14. The van der Waals surface area contributed by atoms with Crippen LogP contribution in [-0.2, 0) is 4.79 Å². The zero-order valence-corrected chi connectivity index (χ0v) is 21.3. The van der Waals surface area contributed by atoms with Gasteiger partial charge in [-0.3, -0.25) is 14.5 Å². The van der Waals surface area contributed by atoms with Gasteiger partial charge < -0.3 is 14.3 Å². The van der Waals surface area contributed by atoms with Crippen LogP contribution in [0.4, 0.5) is 5.13 Å². The van der Waals surface area contributed by atoms with E-state index in [1.165, 1.54) is 16.2 Å². The third-order valence-electron chi connectivity index (χ3n) is 6.09. The van der Waals surface area contributed by atoms with Gasteiger partial charge in [-0.1, -0.05) is 36.5 Å². The monoisotopic (exact) mass is 502 g/mol. The number of hydrogen-bond acceptors (Lipinski definition) is 7. The maximum Gasteiger partial charge on any atom is 0.296 e. The Hall–Kier alpha value is -3.91. The Morgan fingerprint density at radius 2 is 1.97 bits per heavy atom. The van der Waals surface area contributed by atoms with E-state index in [2.05, 4.69) is 0 Å². The molecule has 0 radical (unpaired) electrons. The van der Waals surface area contributed by atoms with Crippen molar-refractivity contribution in [2.75, 3.05) is 11.5 Å². The summed E-state index contributed by atoms with van der Waals surface area (Å²) in [7, 11) is 0. The lowest BCUT2D eigenvalue weighted by Gasteiger charge is -2.24. The fourth-order valence-corrected chi connectivity index (χ4v) is 5.66. The lowest BCUT2D eigenvalue weighted by atomic mass is 9.95. The van der Waals surface area contributed by atoms with Crippen LogP contribution in [0, 0.1) is 20.8 Å². The number of carbonyl (C=O) groups is 2. The standard InChI is InChI=1S/C28H26N2O5S/c1-5-11-34-19-8-6-7-18(14-19)24-22(25(31)20-10-9-17(4)35-20)26(32)27(33)30(24)28-29-23-16(3)12-15(2)13-21(23)36-28/h6-10,12-14,24,32H,5,11H2,1-4H3. The molecule has 1 aliphatic heterocycles. The summed E-state index contributed by atoms with van der Waals surface area (Å²) in [6, 6.07) is 13.6. The summed E-state index contributed by atoms with van der Waals surface area (Å²) >= 11 is 1.35. The van der Waals surface area contributed by atoms with Crippen LogP contribution < -0.4 is 9.64 Å². The summed E-state index contributed by atoms with van der Waals surface area (Å²) < 4.78 is 12.3. The minimum Gasteiger partial charge on any atom is -0.503 e. The molecule has 36 heavy (non-hydrogen) atoms. The van der Waals surface area contributed by atoms with E-state index < -0.39 is 23.5 Å². The number of benzene rings is 2. The Morgan fingerprint density at radius 3 is 2.69 bits per heavy atom. The summed E-state index contributed by atoms with van der Waals surface area (Å²) in [6.07, 6.45) is 0.838. The van der Waals surface area contributed by atoms with Gasteiger partial charge in [-0.25, -0.2) is 4.98 Å². The maximum atomic E-state index is 13.6. The Balaban J connectivity index is 1.67. The number of ether oxygens (including phenoxy) is 1. The second kappa shape index (κ2) is 9.28. The molecule has 1 aliphatic rings. The van der Waals surface area contributed by atoms with Crippen LogP contribution in [0.3, 0.4) is 0 Å². The van der Waals surface area contributed by atoms with Crippen molar-refractivity contribution in [3.63, 3.8) is 0 Å². The number of nitrogens with zero attached hydrogens (tertiary/aromatic N) is 2. The number of Topliss-reactive ketones (excluding diaryl/α,β-unsaturated/α-hetero) is 1. The van der Waals surface area contributed by atoms with Crippen molar-refractivity contribution in [3.05, 3.63) is 88.1 Å². The first-order valence-electron chi connectivity index (χ1n) is 11.8. The number of fused-ring (bicyclic) bond motifs is 1. The third-order valence-corrected chi connectivity index (χ3v) is 7.09. The van der Waals surface area contributed by atoms with Gasteiger partial charge in [0.05, 0.1) is 28.4 Å². The molecule has 0 fully saturated rings. The zero-order chi connectivity index (χ0) is 25.6. The molecule has 1 atom stereocenters. The van der Waals surface area contributed by atoms with Crippen molar-refractivity contribution in [2.45, 2.75) is 40.2 Å². The van der Waals surface area contributed by atoms with Gasteiger partial charge in [-0.05, 0) is 74.2 Å². The number of carbonyl (C=O) groups excluding carboxylic acids is 2. The minimum atomic E-state index is -0.900. The number of aromatic nitrogens is 1. The zero-order valence-electron chi connectivity index (χ0n) is 20.5. The molecule has 0 bridgehead atoms. The molecule has 1 amide bonds. The number of aliphatic hydroxyl groups is 1. The lowest BCUT2D eigenvalue weighted by Crippen LogP contribution is -2.31. The molecule has 0 spiro atoms. The quantitative estimate of drug-likeness (QED) is 0.295. The molecule has 1 N–H and O–H groups in total. The van der Waals surface area contributed by atoms with E-state index in [1.807, 2.05) is 51.1 Å². The summed E-state index contributed by atoms with van der Waals surface area (Å²) in [5.41, 5.74) is 3.44. The summed E-state index contributed by atoms with van der Waals surface area (Å²) in [6.45, 7) is 8.26. The first-order chi connectivity index (χ1) is 17.3. The predicted molar refractivity (Wildman–Crippen MR) is 139 cm³/mol. The van der Waals surface area contributed by atoms with Gasteiger partial charge in [0.1, 0.15) is 11.5 Å². The molecule has 2 aromatic carbocycles. The van der Waals surface area contributed by atoms with E-state index in [4.69, 9.17) is 14.1 Å². The summed E-state index contributed by atoms with van der Waals surface area (Å²) in [5.74, 6) is -0.601. The van der Waals surface area contributed by atoms with Crippen molar-refractivity contribution in [1.29, 1.82) is 0 Å². The van der Waals surface area contributed by atoms with E-state index in [0.29, 0.717) is 28.8 Å². The molecule has 0 saturated carbocycles. The van der Waals surface area contributed by atoms with Crippen LogP contribution in [0.25, 0.3) is 10.2 Å². The van der Waals surface area contributed by atoms with Crippen LogP contribution in [-0.4, -0.2) is 28.4 Å². The van der Waals surface area contributed by atoms with E-state index in [0.717, 1.165) is 27.8 Å². The highest BCUT2D eigenvalue weighted by Gasteiger charge is 2.46. The number of amides is 1. The first kappa shape index (κ1) is 23.8. The molecule has 0 saturated heterocycles. The van der Waals surface area contributed by atoms with E-state index >= 15 is 0 Å². The average Bonchev–Trinajstić information content (AvgIpc) is 3.54. The van der Waals surface area contributed by atoms with Crippen LogP contribution in [0.5, 0.6) is 5.75 Å². The highest BCUT2D eigenvalue weighted by Crippen LogP contribution is 2.45. The molecule has 5 rings (SSSR count). The van der Waals surface area contributed by atoms with E-state index in [9.17, 15) is 14.7 Å². The van der Waals surface area contributed by atoms with Gasteiger partial charge in [0.25, 0.3) is 5.91 Å². The van der Waals surface area contributed by atoms with Gasteiger partial charge in [0.2, 0.25) is 5.78 Å². The molecular formula is C28H26N2O5S. The molecule has 0 aliphatic carbocycles. The van der Waals surface area contributed by atoms with Gasteiger partial charge >= 0.3 is 0 Å².